The first kappa shape index (κ1) is 14.0. The summed E-state index contributed by atoms with van der Waals surface area (Å²) in [6.07, 6.45) is 0. The molecule has 0 unspecified atom stereocenters. The molecule has 0 saturated carbocycles. The molecule has 0 aliphatic rings. The average molecular weight is 319 g/mol. The molecule has 1 amide bonds. The highest BCUT2D eigenvalue weighted by atomic mass is 32.1. The van der Waals surface area contributed by atoms with Gasteiger partial charge in [-0.3, -0.25) is 14.2 Å². The number of amides is 1. The largest absolute Gasteiger partial charge is 0.348 e. The van der Waals surface area contributed by atoms with Gasteiger partial charge in [-0.2, -0.15) is 0 Å². The van der Waals surface area contributed by atoms with Crippen LogP contribution in [0.1, 0.15) is 10.7 Å². The summed E-state index contributed by atoms with van der Waals surface area (Å²) >= 11 is 2.67. The number of nitrogens with one attached hydrogen (secondary N) is 1. The minimum absolute atomic E-state index is 0.0546. The Balaban J connectivity index is 1.64. The lowest BCUT2D eigenvalue weighted by molar-refractivity contribution is -0.121. The fourth-order valence-electron chi connectivity index (χ4n) is 1.97. The third kappa shape index (κ3) is 3.03. The molecule has 7 heteroatoms. The number of thiazole rings is 2. The summed E-state index contributed by atoms with van der Waals surface area (Å²) < 4.78 is 2.57. The van der Waals surface area contributed by atoms with E-state index < -0.39 is 0 Å². The fraction of sp³-hybridized carbons (Fsp3) is 0.214. The molecule has 0 atom stereocenters. The van der Waals surface area contributed by atoms with Gasteiger partial charge in [-0.05, 0) is 19.1 Å². The standard InChI is InChI=1S/C14H13N3O2S2/c1-9-8-20-14(19)17(9)7-12(18)15-6-13-16-10-4-2-3-5-11(10)21-13/h2-5,8H,6-7H2,1H3,(H,15,18). The van der Waals surface area contributed by atoms with E-state index in [0.29, 0.717) is 6.54 Å². The molecule has 0 aliphatic carbocycles. The lowest BCUT2D eigenvalue weighted by Crippen LogP contribution is -2.30. The Morgan fingerprint density at radius 3 is 2.90 bits per heavy atom. The number of para-hydroxylation sites is 1. The Labute approximate surface area is 128 Å². The summed E-state index contributed by atoms with van der Waals surface area (Å²) in [5, 5.41) is 5.42. The van der Waals surface area contributed by atoms with Gasteiger partial charge < -0.3 is 5.32 Å². The number of rotatable bonds is 4. The van der Waals surface area contributed by atoms with Gasteiger partial charge in [0, 0.05) is 11.1 Å². The molecule has 3 aromatic rings. The number of fused-ring (bicyclic) bond motifs is 1. The van der Waals surface area contributed by atoms with Gasteiger partial charge in [0.2, 0.25) is 5.91 Å². The van der Waals surface area contributed by atoms with Crippen LogP contribution >= 0.6 is 22.7 Å². The first-order valence-electron chi connectivity index (χ1n) is 6.39. The van der Waals surface area contributed by atoms with Crippen LogP contribution in [0.3, 0.4) is 0 Å². The molecule has 0 radical (unpaired) electrons. The van der Waals surface area contributed by atoms with E-state index in [1.165, 1.54) is 4.57 Å². The van der Waals surface area contributed by atoms with E-state index >= 15 is 0 Å². The van der Waals surface area contributed by atoms with E-state index in [1.54, 1.807) is 16.7 Å². The van der Waals surface area contributed by atoms with Crippen molar-refractivity contribution in [1.29, 1.82) is 0 Å². The van der Waals surface area contributed by atoms with E-state index in [1.807, 2.05) is 31.2 Å². The summed E-state index contributed by atoms with van der Waals surface area (Å²) in [7, 11) is 0. The maximum Gasteiger partial charge on any atom is 0.307 e. The van der Waals surface area contributed by atoms with Crippen LogP contribution in [-0.2, 0) is 17.9 Å². The van der Waals surface area contributed by atoms with Gasteiger partial charge in [0.15, 0.2) is 0 Å². The highest BCUT2D eigenvalue weighted by molar-refractivity contribution is 7.18. The quantitative estimate of drug-likeness (QED) is 0.801. The van der Waals surface area contributed by atoms with Gasteiger partial charge in [0.25, 0.3) is 0 Å². The van der Waals surface area contributed by atoms with E-state index in [0.717, 1.165) is 32.3 Å². The third-order valence-electron chi connectivity index (χ3n) is 3.05. The first-order valence-corrected chi connectivity index (χ1v) is 8.09. The molecular weight excluding hydrogens is 306 g/mol. The third-order valence-corrected chi connectivity index (χ3v) is 4.97. The molecule has 108 valence electrons. The summed E-state index contributed by atoms with van der Waals surface area (Å²) in [6, 6.07) is 7.86. The van der Waals surface area contributed by atoms with Crippen molar-refractivity contribution in [2.24, 2.45) is 0 Å². The molecule has 1 N–H and O–H groups in total. The highest BCUT2D eigenvalue weighted by Gasteiger charge is 2.09. The normalized spacial score (nSPS) is 10.9. The van der Waals surface area contributed by atoms with E-state index in [2.05, 4.69) is 10.3 Å². The number of hydrogen-bond acceptors (Lipinski definition) is 5. The van der Waals surface area contributed by atoms with Crippen molar-refractivity contribution in [2.75, 3.05) is 0 Å². The summed E-state index contributed by atoms with van der Waals surface area (Å²) in [4.78, 5) is 27.8. The second-order valence-electron chi connectivity index (χ2n) is 4.58. The van der Waals surface area contributed by atoms with Crippen molar-refractivity contribution >= 4 is 38.8 Å². The van der Waals surface area contributed by atoms with Crippen molar-refractivity contribution in [2.45, 2.75) is 20.0 Å². The molecule has 2 heterocycles. The number of benzene rings is 1. The Kier molecular flexibility index (Phi) is 3.85. The Bertz CT molecular complexity index is 814. The first-order chi connectivity index (χ1) is 10.1. The zero-order valence-electron chi connectivity index (χ0n) is 11.3. The van der Waals surface area contributed by atoms with Crippen LogP contribution in [-0.4, -0.2) is 15.5 Å². The number of aromatic nitrogens is 2. The van der Waals surface area contributed by atoms with Crippen LogP contribution in [0, 0.1) is 6.92 Å². The van der Waals surface area contributed by atoms with Crippen LogP contribution in [0.4, 0.5) is 0 Å². The Morgan fingerprint density at radius 1 is 1.38 bits per heavy atom. The van der Waals surface area contributed by atoms with E-state index in [9.17, 15) is 9.59 Å². The van der Waals surface area contributed by atoms with Crippen LogP contribution in [0.25, 0.3) is 10.2 Å². The number of carbonyl (C=O) groups excluding carboxylic acids is 1. The van der Waals surface area contributed by atoms with Crippen LogP contribution < -0.4 is 10.2 Å². The smallest absolute Gasteiger partial charge is 0.307 e. The van der Waals surface area contributed by atoms with Crippen LogP contribution in [0.2, 0.25) is 0 Å². The minimum Gasteiger partial charge on any atom is -0.348 e. The number of hydrogen-bond donors (Lipinski definition) is 1. The molecule has 0 fully saturated rings. The number of carbonyl (C=O) groups is 1. The van der Waals surface area contributed by atoms with Gasteiger partial charge in [0.1, 0.15) is 11.6 Å². The highest BCUT2D eigenvalue weighted by Crippen LogP contribution is 2.21. The molecule has 5 nitrogen and oxygen atoms in total. The fourth-order valence-corrected chi connectivity index (χ4v) is 3.61. The maximum absolute atomic E-state index is 11.9. The molecule has 0 aliphatic heterocycles. The molecule has 0 bridgehead atoms. The van der Waals surface area contributed by atoms with Crippen molar-refractivity contribution in [3.8, 4) is 0 Å². The van der Waals surface area contributed by atoms with Gasteiger partial charge in [-0.15, -0.1) is 11.3 Å². The monoisotopic (exact) mass is 319 g/mol. The van der Waals surface area contributed by atoms with Crippen LogP contribution in [0.15, 0.2) is 34.4 Å². The molecule has 21 heavy (non-hydrogen) atoms. The van der Waals surface area contributed by atoms with Crippen molar-refractivity contribution < 1.29 is 4.79 Å². The van der Waals surface area contributed by atoms with Gasteiger partial charge in [0.05, 0.1) is 16.8 Å². The second kappa shape index (κ2) is 5.79. The molecular formula is C14H13N3O2S2. The van der Waals surface area contributed by atoms with Gasteiger partial charge >= 0.3 is 4.87 Å². The maximum atomic E-state index is 11.9. The summed E-state index contributed by atoms with van der Waals surface area (Å²) in [5.41, 5.74) is 1.75. The lowest BCUT2D eigenvalue weighted by Gasteiger charge is -2.05. The zero-order valence-corrected chi connectivity index (χ0v) is 13.0. The predicted molar refractivity (Wildman–Crippen MR) is 84.8 cm³/mol. The van der Waals surface area contributed by atoms with Crippen molar-refractivity contribution in [1.82, 2.24) is 14.9 Å². The minimum atomic E-state index is -0.183. The van der Waals surface area contributed by atoms with Crippen molar-refractivity contribution in [3.05, 3.63) is 50.0 Å². The number of aryl methyl sites for hydroxylation is 1. The molecule has 0 spiro atoms. The van der Waals surface area contributed by atoms with Gasteiger partial charge in [-0.1, -0.05) is 23.5 Å². The SMILES string of the molecule is Cc1csc(=O)n1CC(=O)NCc1nc2ccccc2s1. The number of nitrogens with zero attached hydrogens (tertiary/aromatic N) is 2. The molecule has 3 rings (SSSR count). The van der Waals surface area contributed by atoms with E-state index in [-0.39, 0.29) is 17.3 Å². The van der Waals surface area contributed by atoms with E-state index in [4.69, 9.17) is 0 Å². The summed E-state index contributed by atoms with van der Waals surface area (Å²) in [6.45, 7) is 2.26. The van der Waals surface area contributed by atoms with Crippen molar-refractivity contribution in [3.63, 3.8) is 0 Å². The lowest BCUT2D eigenvalue weighted by atomic mass is 10.3. The van der Waals surface area contributed by atoms with Crippen LogP contribution in [0.5, 0.6) is 0 Å². The predicted octanol–water partition coefficient (Wildman–Crippen LogP) is 2.14. The topological polar surface area (TPSA) is 64.0 Å². The molecule has 0 saturated heterocycles. The average Bonchev–Trinajstić information content (AvgIpc) is 3.03. The summed E-state index contributed by atoms with van der Waals surface area (Å²) in [5.74, 6) is -0.183. The Hall–Kier alpha value is -1.99. The zero-order chi connectivity index (χ0) is 14.8. The second-order valence-corrected chi connectivity index (χ2v) is 6.52. The molecule has 1 aromatic carbocycles. The molecule has 2 aromatic heterocycles. The van der Waals surface area contributed by atoms with Gasteiger partial charge in [-0.25, -0.2) is 4.98 Å². The Morgan fingerprint density at radius 2 is 2.19 bits per heavy atom.